The molecule has 0 aliphatic rings. The van der Waals surface area contributed by atoms with E-state index in [1.165, 1.54) is 10.6 Å². The number of nitrogens with two attached hydrogens (primary N) is 1. The van der Waals surface area contributed by atoms with Crippen molar-refractivity contribution in [2.45, 2.75) is 31.7 Å². The number of pyridine rings is 1. The van der Waals surface area contributed by atoms with Crippen LogP contribution in [0, 0.1) is 0 Å². The molecule has 0 fully saturated rings. The molecule has 148 valence electrons. The third kappa shape index (κ3) is 3.90. The van der Waals surface area contributed by atoms with E-state index in [2.05, 4.69) is 20.3 Å². The smallest absolute Gasteiger partial charge is 0.243 e. The summed E-state index contributed by atoms with van der Waals surface area (Å²) in [4.78, 5) is 12.9. The van der Waals surface area contributed by atoms with Crippen LogP contribution < -0.4 is 11.1 Å². The van der Waals surface area contributed by atoms with Gasteiger partial charge in [-0.1, -0.05) is 26.0 Å². The number of hydrogen-bond acceptors (Lipinski definition) is 7. The second kappa shape index (κ2) is 8.07. The Morgan fingerprint density at radius 3 is 2.39 bits per heavy atom. The van der Waals surface area contributed by atoms with Crippen LogP contribution in [0.1, 0.15) is 32.4 Å². The van der Waals surface area contributed by atoms with E-state index in [9.17, 15) is 8.42 Å². The fourth-order valence-corrected chi connectivity index (χ4v) is 4.46. The molecule has 9 heteroatoms. The highest BCUT2D eigenvalue weighted by Crippen LogP contribution is 2.25. The van der Waals surface area contributed by atoms with Gasteiger partial charge in [-0.3, -0.25) is 0 Å². The van der Waals surface area contributed by atoms with Crippen LogP contribution in [0.2, 0.25) is 0 Å². The van der Waals surface area contributed by atoms with Crippen LogP contribution in [0.25, 0.3) is 11.0 Å². The van der Waals surface area contributed by atoms with Crippen LogP contribution in [0.5, 0.6) is 0 Å². The first-order chi connectivity index (χ1) is 13.4. The minimum atomic E-state index is -3.46. The summed E-state index contributed by atoms with van der Waals surface area (Å²) in [6.45, 7) is 6.52. The maximum absolute atomic E-state index is 12.6. The van der Waals surface area contributed by atoms with Gasteiger partial charge in [0.2, 0.25) is 10.0 Å². The zero-order chi connectivity index (χ0) is 20.3. The van der Waals surface area contributed by atoms with Crippen molar-refractivity contribution in [3.63, 3.8) is 0 Å². The predicted molar refractivity (Wildman–Crippen MR) is 110 cm³/mol. The second-order valence-electron chi connectivity index (χ2n) is 6.35. The van der Waals surface area contributed by atoms with Gasteiger partial charge in [-0.25, -0.2) is 23.4 Å². The minimum absolute atomic E-state index is 0.0964. The third-order valence-corrected chi connectivity index (χ3v) is 6.66. The maximum Gasteiger partial charge on any atom is 0.243 e. The van der Waals surface area contributed by atoms with Gasteiger partial charge in [-0.05, 0) is 36.8 Å². The first-order valence-corrected chi connectivity index (χ1v) is 10.5. The summed E-state index contributed by atoms with van der Waals surface area (Å²) < 4.78 is 26.7. The molecule has 3 N–H and O–H groups in total. The quantitative estimate of drug-likeness (QED) is 0.627. The number of rotatable bonds is 7. The van der Waals surface area contributed by atoms with E-state index in [0.717, 1.165) is 10.9 Å². The van der Waals surface area contributed by atoms with Gasteiger partial charge in [-0.15, -0.1) is 0 Å². The van der Waals surface area contributed by atoms with E-state index in [-0.39, 0.29) is 6.04 Å². The van der Waals surface area contributed by atoms with E-state index in [0.29, 0.717) is 35.3 Å². The van der Waals surface area contributed by atoms with Gasteiger partial charge in [0.15, 0.2) is 5.65 Å². The topological polar surface area (TPSA) is 114 Å². The zero-order valence-electron chi connectivity index (χ0n) is 16.1. The van der Waals surface area contributed by atoms with Gasteiger partial charge in [0.05, 0.1) is 10.3 Å². The van der Waals surface area contributed by atoms with Crippen LogP contribution in [-0.2, 0) is 10.0 Å². The molecule has 3 aromatic rings. The number of benzene rings is 1. The molecular weight excluding hydrogens is 376 g/mol. The first-order valence-electron chi connectivity index (χ1n) is 9.10. The fraction of sp³-hybridized carbons (Fsp3) is 0.316. The molecule has 3 rings (SSSR count). The number of sulfonamides is 1. The molecule has 0 saturated carbocycles. The highest BCUT2D eigenvalue weighted by molar-refractivity contribution is 7.89. The van der Waals surface area contributed by atoms with Crippen molar-refractivity contribution in [1.29, 1.82) is 0 Å². The molecule has 0 saturated heterocycles. The van der Waals surface area contributed by atoms with E-state index >= 15 is 0 Å². The number of nitrogens with one attached hydrogen (secondary N) is 1. The molecule has 0 aliphatic carbocycles. The summed E-state index contributed by atoms with van der Waals surface area (Å²) >= 11 is 0. The third-order valence-electron chi connectivity index (χ3n) is 4.60. The lowest BCUT2D eigenvalue weighted by Gasteiger charge is -2.20. The first kappa shape index (κ1) is 20.0. The van der Waals surface area contributed by atoms with Gasteiger partial charge >= 0.3 is 0 Å². The molecule has 2 heterocycles. The summed E-state index contributed by atoms with van der Waals surface area (Å²) in [5, 5.41) is 4.10. The van der Waals surface area contributed by atoms with Gasteiger partial charge < -0.3 is 11.1 Å². The lowest BCUT2D eigenvalue weighted by Crippen LogP contribution is -2.30. The lowest BCUT2D eigenvalue weighted by atomic mass is 10.1. The SMILES string of the molecule is CCN(CC)S(=O)(=O)c1ccc(C(C)Nc2ncnc3nc(N)ccc23)cc1. The number of anilines is 2. The normalized spacial score (nSPS) is 13.0. The summed E-state index contributed by atoms with van der Waals surface area (Å²) in [7, 11) is -3.46. The van der Waals surface area contributed by atoms with Crippen molar-refractivity contribution >= 4 is 32.7 Å². The van der Waals surface area contributed by atoms with Gasteiger partial charge in [-0.2, -0.15) is 4.31 Å². The average molecular weight is 401 g/mol. The highest BCUT2D eigenvalue weighted by Gasteiger charge is 2.21. The number of aromatic nitrogens is 3. The van der Waals surface area contributed by atoms with Crippen molar-refractivity contribution in [2.24, 2.45) is 0 Å². The molecule has 0 spiro atoms. The Bertz CT molecular complexity index is 1070. The van der Waals surface area contributed by atoms with Crippen molar-refractivity contribution in [1.82, 2.24) is 19.3 Å². The molecule has 2 aromatic heterocycles. The molecular formula is C19H24N6O2S. The molecule has 1 aromatic carbocycles. The van der Waals surface area contributed by atoms with Crippen molar-refractivity contribution in [3.8, 4) is 0 Å². The highest BCUT2D eigenvalue weighted by atomic mass is 32.2. The number of hydrogen-bond donors (Lipinski definition) is 2. The standard InChI is InChI=1S/C19H24N6O2S/c1-4-25(5-2)28(26,27)15-8-6-14(7-9-15)13(3)23-18-16-10-11-17(20)24-19(16)22-12-21-18/h6-13H,4-5H2,1-3H3,(H3,20,21,22,23,24). The van der Waals surface area contributed by atoms with E-state index in [1.807, 2.05) is 39.0 Å². The molecule has 0 aliphatic heterocycles. The second-order valence-corrected chi connectivity index (χ2v) is 8.29. The Balaban J connectivity index is 1.84. The molecule has 8 nitrogen and oxygen atoms in total. The largest absolute Gasteiger partial charge is 0.384 e. The Labute approximate surface area is 164 Å². The Morgan fingerprint density at radius 2 is 1.75 bits per heavy atom. The lowest BCUT2D eigenvalue weighted by molar-refractivity contribution is 0.445. The molecule has 28 heavy (non-hydrogen) atoms. The average Bonchev–Trinajstić information content (AvgIpc) is 2.68. The Morgan fingerprint density at radius 1 is 1.07 bits per heavy atom. The predicted octanol–water partition coefficient (Wildman–Crippen LogP) is 2.81. The maximum atomic E-state index is 12.6. The number of nitrogen functional groups attached to an aromatic ring is 1. The van der Waals surface area contributed by atoms with Crippen LogP contribution in [0.15, 0.2) is 47.6 Å². The Hall–Kier alpha value is -2.78. The van der Waals surface area contributed by atoms with E-state index < -0.39 is 10.0 Å². The van der Waals surface area contributed by atoms with E-state index in [1.54, 1.807) is 18.2 Å². The van der Waals surface area contributed by atoms with Gasteiger partial charge in [0.1, 0.15) is 18.0 Å². The van der Waals surface area contributed by atoms with Crippen molar-refractivity contribution in [2.75, 3.05) is 24.1 Å². The number of nitrogens with zero attached hydrogens (tertiary/aromatic N) is 4. The Kier molecular flexibility index (Phi) is 5.76. The monoisotopic (exact) mass is 400 g/mol. The van der Waals surface area contributed by atoms with Gasteiger partial charge in [0, 0.05) is 19.1 Å². The van der Waals surface area contributed by atoms with Crippen LogP contribution >= 0.6 is 0 Å². The summed E-state index contributed by atoms with van der Waals surface area (Å²) in [6.07, 6.45) is 1.43. The minimum Gasteiger partial charge on any atom is -0.384 e. The van der Waals surface area contributed by atoms with Gasteiger partial charge in [0.25, 0.3) is 0 Å². The van der Waals surface area contributed by atoms with Crippen LogP contribution in [0.3, 0.4) is 0 Å². The van der Waals surface area contributed by atoms with Crippen molar-refractivity contribution < 1.29 is 8.42 Å². The van der Waals surface area contributed by atoms with Crippen LogP contribution in [0.4, 0.5) is 11.6 Å². The molecule has 0 bridgehead atoms. The number of fused-ring (bicyclic) bond motifs is 1. The zero-order valence-corrected chi connectivity index (χ0v) is 16.9. The fourth-order valence-electron chi connectivity index (χ4n) is 3.00. The summed E-state index contributed by atoms with van der Waals surface area (Å²) in [5.74, 6) is 1.04. The summed E-state index contributed by atoms with van der Waals surface area (Å²) in [5.41, 5.74) is 7.17. The van der Waals surface area contributed by atoms with Crippen LogP contribution in [-0.4, -0.2) is 40.8 Å². The molecule has 1 atom stereocenters. The molecule has 0 amide bonds. The van der Waals surface area contributed by atoms with Crippen molar-refractivity contribution in [3.05, 3.63) is 48.3 Å². The molecule has 1 unspecified atom stereocenters. The summed E-state index contributed by atoms with van der Waals surface area (Å²) in [6, 6.07) is 10.3. The molecule has 0 radical (unpaired) electrons. The van der Waals surface area contributed by atoms with E-state index in [4.69, 9.17) is 5.73 Å².